The van der Waals surface area contributed by atoms with E-state index in [9.17, 15) is 14.7 Å². The van der Waals surface area contributed by atoms with Crippen molar-refractivity contribution in [3.8, 4) is 0 Å². The molecule has 0 aromatic heterocycles. The van der Waals surface area contributed by atoms with Gasteiger partial charge in [0, 0.05) is 26.1 Å². The molecule has 0 spiro atoms. The number of carbonyl (C=O) groups is 2. The van der Waals surface area contributed by atoms with E-state index in [1.165, 1.54) is 12.8 Å². The van der Waals surface area contributed by atoms with Crippen molar-refractivity contribution in [2.24, 2.45) is 17.8 Å². The monoisotopic (exact) mass is 296 g/mol. The fourth-order valence-corrected chi connectivity index (χ4v) is 2.74. The zero-order chi connectivity index (χ0) is 15.4. The van der Waals surface area contributed by atoms with E-state index < -0.39 is 6.10 Å². The molecule has 2 fully saturated rings. The van der Waals surface area contributed by atoms with E-state index >= 15 is 0 Å². The van der Waals surface area contributed by atoms with Gasteiger partial charge in [0.15, 0.2) is 0 Å². The first kappa shape index (κ1) is 16.3. The van der Waals surface area contributed by atoms with Gasteiger partial charge in [-0.15, -0.1) is 0 Å². The van der Waals surface area contributed by atoms with Crippen molar-refractivity contribution in [3.05, 3.63) is 0 Å². The van der Waals surface area contributed by atoms with E-state index in [4.69, 9.17) is 0 Å². The van der Waals surface area contributed by atoms with Crippen LogP contribution >= 0.6 is 0 Å². The van der Waals surface area contributed by atoms with E-state index in [0.717, 1.165) is 19.4 Å². The van der Waals surface area contributed by atoms with Gasteiger partial charge >= 0.3 is 0 Å². The smallest absolute Gasteiger partial charge is 0.251 e. The second kappa shape index (κ2) is 7.25. The number of aliphatic hydroxyl groups excluding tert-OH is 1. The molecule has 0 unspecified atom stereocenters. The Morgan fingerprint density at radius 3 is 2.29 bits per heavy atom. The lowest BCUT2D eigenvalue weighted by molar-refractivity contribution is -0.143. The molecule has 1 saturated heterocycles. The SMILES string of the molecule is CC(C)[C@H](O)C(=O)N1CCC(CNC(=O)CC2CC2)CC1. The molecule has 5 nitrogen and oxygen atoms in total. The van der Waals surface area contributed by atoms with Crippen LogP contribution in [0.2, 0.25) is 0 Å². The molecule has 1 atom stereocenters. The van der Waals surface area contributed by atoms with Gasteiger partial charge in [0.1, 0.15) is 6.10 Å². The van der Waals surface area contributed by atoms with Crippen molar-refractivity contribution >= 4 is 11.8 Å². The van der Waals surface area contributed by atoms with E-state index in [-0.39, 0.29) is 17.7 Å². The van der Waals surface area contributed by atoms with Crippen LogP contribution in [0.1, 0.15) is 46.0 Å². The quantitative estimate of drug-likeness (QED) is 0.773. The summed E-state index contributed by atoms with van der Waals surface area (Å²) >= 11 is 0. The van der Waals surface area contributed by atoms with Crippen LogP contribution in [0.4, 0.5) is 0 Å². The highest BCUT2D eigenvalue weighted by Gasteiger charge is 2.29. The van der Waals surface area contributed by atoms with Crippen LogP contribution in [0, 0.1) is 17.8 Å². The first-order valence-electron chi connectivity index (χ1n) is 8.21. The summed E-state index contributed by atoms with van der Waals surface area (Å²) in [7, 11) is 0. The molecule has 21 heavy (non-hydrogen) atoms. The molecule has 1 aliphatic heterocycles. The summed E-state index contributed by atoms with van der Waals surface area (Å²) in [5.41, 5.74) is 0. The molecule has 2 amide bonds. The molecular formula is C16H28N2O3. The number of nitrogens with zero attached hydrogens (tertiary/aromatic N) is 1. The van der Waals surface area contributed by atoms with E-state index in [1.54, 1.807) is 4.90 Å². The van der Waals surface area contributed by atoms with Gasteiger partial charge in [-0.3, -0.25) is 9.59 Å². The minimum atomic E-state index is -0.889. The predicted octanol–water partition coefficient (Wildman–Crippen LogP) is 1.16. The van der Waals surface area contributed by atoms with Gasteiger partial charge in [-0.1, -0.05) is 13.8 Å². The Morgan fingerprint density at radius 1 is 1.14 bits per heavy atom. The molecule has 2 rings (SSSR count). The number of hydrogen-bond donors (Lipinski definition) is 2. The highest BCUT2D eigenvalue weighted by molar-refractivity contribution is 5.81. The van der Waals surface area contributed by atoms with E-state index in [2.05, 4.69) is 5.32 Å². The molecule has 1 saturated carbocycles. The van der Waals surface area contributed by atoms with Gasteiger partial charge in [0.05, 0.1) is 0 Å². The molecule has 2 N–H and O–H groups in total. The zero-order valence-corrected chi connectivity index (χ0v) is 13.2. The number of piperidine rings is 1. The van der Waals surface area contributed by atoms with Crippen molar-refractivity contribution in [2.75, 3.05) is 19.6 Å². The van der Waals surface area contributed by atoms with Gasteiger partial charge in [-0.05, 0) is 43.4 Å². The molecule has 0 radical (unpaired) electrons. The Morgan fingerprint density at radius 2 is 1.76 bits per heavy atom. The van der Waals surface area contributed by atoms with Crippen LogP contribution in [0.3, 0.4) is 0 Å². The lowest BCUT2D eigenvalue weighted by Crippen LogP contribution is -2.46. The molecule has 2 aliphatic rings. The van der Waals surface area contributed by atoms with E-state index in [1.807, 2.05) is 13.8 Å². The Balaban J connectivity index is 1.65. The molecular weight excluding hydrogens is 268 g/mol. The third-order valence-electron chi connectivity index (χ3n) is 4.57. The maximum atomic E-state index is 12.0. The molecule has 1 aliphatic carbocycles. The van der Waals surface area contributed by atoms with E-state index in [0.29, 0.717) is 31.3 Å². The second-order valence-electron chi connectivity index (χ2n) is 6.91. The summed E-state index contributed by atoms with van der Waals surface area (Å²) in [5, 5.41) is 12.8. The number of carbonyl (C=O) groups excluding carboxylic acids is 2. The minimum Gasteiger partial charge on any atom is -0.383 e. The number of rotatable bonds is 6. The molecule has 5 heteroatoms. The van der Waals surface area contributed by atoms with Crippen LogP contribution in [-0.2, 0) is 9.59 Å². The Bertz CT molecular complexity index is 372. The maximum Gasteiger partial charge on any atom is 0.251 e. The Labute approximate surface area is 127 Å². The highest BCUT2D eigenvalue weighted by Crippen LogP contribution is 2.32. The first-order chi connectivity index (χ1) is 9.97. The van der Waals surface area contributed by atoms with Crippen LogP contribution in [-0.4, -0.2) is 47.6 Å². The van der Waals surface area contributed by atoms with Gasteiger partial charge in [-0.25, -0.2) is 0 Å². The summed E-state index contributed by atoms with van der Waals surface area (Å²) in [5.74, 6) is 1.06. The third-order valence-corrected chi connectivity index (χ3v) is 4.57. The highest BCUT2D eigenvalue weighted by atomic mass is 16.3. The van der Waals surface area contributed by atoms with Crippen LogP contribution < -0.4 is 5.32 Å². The summed E-state index contributed by atoms with van der Waals surface area (Å²) < 4.78 is 0. The summed E-state index contributed by atoms with van der Waals surface area (Å²) in [4.78, 5) is 25.5. The topological polar surface area (TPSA) is 69.6 Å². The second-order valence-corrected chi connectivity index (χ2v) is 6.91. The largest absolute Gasteiger partial charge is 0.383 e. The Hall–Kier alpha value is -1.10. The van der Waals surface area contributed by atoms with Crippen molar-refractivity contribution < 1.29 is 14.7 Å². The fourth-order valence-electron chi connectivity index (χ4n) is 2.74. The molecule has 0 aromatic carbocycles. The molecule has 1 heterocycles. The lowest BCUT2D eigenvalue weighted by Gasteiger charge is -2.34. The van der Waals surface area contributed by atoms with Gasteiger partial charge in [-0.2, -0.15) is 0 Å². The maximum absolute atomic E-state index is 12.0. The number of hydrogen-bond acceptors (Lipinski definition) is 3. The predicted molar refractivity (Wildman–Crippen MR) is 80.5 cm³/mol. The van der Waals surface area contributed by atoms with Gasteiger partial charge in [0.2, 0.25) is 5.91 Å². The summed E-state index contributed by atoms with van der Waals surface area (Å²) in [6.45, 7) is 5.80. The Kier molecular flexibility index (Phi) is 5.62. The molecule has 120 valence electrons. The summed E-state index contributed by atoms with van der Waals surface area (Å²) in [6.07, 6.45) is 4.00. The average Bonchev–Trinajstić information content (AvgIpc) is 3.28. The summed E-state index contributed by atoms with van der Waals surface area (Å²) in [6, 6.07) is 0. The third kappa shape index (κ3) is 4.99. The van der Waals surface area contributed by atoms with Crippen molar-refractivity contribution in [3.63, 3.8) is 0 Å². The number of amides is 2. The normalized spacial score (nSPS) is 21.4. The number of likely N-dealkylation sites (tertiary alicyclic amines) is 1. The van der Waals surface area contributed by atoms with Gasteiger partial charge < -0.3 is 15.3 Å². The standard InChI is InChI=1S/C16H28N2O3/c1-11(2)15(20)16(21)18-7-5-13(6-8-18)10-17-14(19)9-12-3-4-12/h11-13,15,20H,3-10H2,1-2H3,(H,17,19)/t15-/m0/s1. The van der Waals surface area contributed by atoms with Crippen molar-refractivity contribution in [1.82, 2.24) is 10.2 Å². The fraction of sp³-hybridized carbons (Fsp3) is 0.875. The van der Waals surface area contributed by atoms with Crippen molar-refractivity contribution in [1.29, 1.82) is 0 Å². The first-order valence-corrected chi connectivity index (χ1v) is 8.21. The number of nitrogens with one attached hydrogen (secondary N) is 1. The lowest BCUT2D eigenvalue weighted by atomic mass is 9.95. The molecule has 0 aromatic rings. The molecule has 0 bridgehead atoms. The van der Waals surface area contributed by atoms with Crippen LogP contribution in [0.5, 0.6) is 0 Å². The van der Waals surface area contributed by atoms with Crippen LogP contribution in [0.15, 0.2) is 0 Å². The minimum absolute atomic E-state index is 0.0445. The number of aliphatic hydroxyl groups is 1. The van der Waals surface area contributed by atoms with Crippen molar-refractivity contribution in [2.45, 2.75) is 52.1 Å². The van der Waals surface area contributed by atoms with Crippen LogP contribution in [0.25, 0.3) is 0 Å². The zero-order valence-electron chi connectivity index (χ0n) is 13.2. The average molecular weight is 296 g/mol. The van der Waals surface area contributed by atoms with Gasteiger partial charge in [0.25, 0.3) is 5.91 Å².